The molecule has 0 aliphatic heterocycles. The van der Waals surface area contributed by atoms with Crippen LogP contribution in [0.4, 0.5) is 8.78 Å². The Labute approximate surface area is 108 Å². The molecule has 0 saturated carbocycles. The summed E-state index contributed by atoms with van der Waals surface area (Å²) in [5.41, 5.74) is -0.729. The Hall–Kier alpha value is -2.43. The van der Waals surface area contributed by atoms with Crippen molar-refractivity contribution in [1.29, 1.82) is 0 Å². The third-order valence-electron chi connectivity index (χ3n) is 2.46. The van der Waals surface area contributed by atoms with Gasteiger partial charge in [-0.15, -0.1) is 0 Å². The zero-order chi connectivity index (χ0) is 13.8. The van der Waals surface area contributed by atoms with Crippen molar-refractivity contribution in [2.24, 2.45) is 0 Å². The fourth-order valence-electron chi connectivity index (χ4n) is 1.60. The van der Waals surface area contributed by atoms with Crippen LogP contribution >= 0.6 is 0 Å². The van der Waals surface area contributed by atoms with Crippen LogP contribution in [-0.2, 0) is 6.61 Å². The standard InChI is InChI=1S/C14H10F2O3/c15-11-6-9(7-12(16)13(11)14(17)18)8-19-10-4-2-1-3-5-10/h1-7H,8H2,(H,17,18). The van der Waals surface area contributed by atoms with Gasteiger partial charge in [0.25, 0.3) is 0 Å². The van der Waals surface area contributed by atoms with Gasteiger partial charge in [-0.25, -0.2) is 13.6 Å². The Morgan fingerprint density at radius 2 is 1.68 bits per heavy atom. The van der Waals surface area contributed by atoms with E-state index < -0.39 is 23.2 Å². The minimum absolute atomic E-state index is 0.0439. The summed E-state index contributed by atoms with van der Waals surface area (Å²) < 4.78 is 32.1. The van der Waals surface area contributed by atoms with Gasteiger partial charge in [0.2, 0.25) is 0 Å². The molecule has 2 aromatic carbocycles. The lowest BCUT2D eigenvalue weighted by atomic mass is 10.1. The number of aromatic carboxylic acids is 1. The molecule has 0 spiro atoms. The molecule has 3 nitrogen and oxygen atoms in total. The molecule has 0 saturated heterocycles. The van der Waals surface area contributed by atoms with Crippen LogP contribution in [0.3, 0.4) is 0 Å². The summed E-state index contributed by atoms with van der Waals surface area (Å²) in [6.45, 7) is -0.0439. The van der Waals surface area contributed by atoms with Crippen LogP contribution in [0.1, 0.15) is 15.9 Å². The highest BCUT2D eigenvalue weighted by Crippen LogP contribution is 2.17. The van der Waals surface area contributed by atoms with E-state index in [1.807, 2.05) is 6.07 Å². The van der Waals surface area contributed by atoms with Crippen molar-refractivity contribution in [3.05, 3.63) is 65.2 Å². The number of hydrogen-bond donors (Lipinski definition) is 1. The molecule has 2 aromatic rings. The quantitative estimate of drug-likeness (QED) is 0.922. The molecule has 0 radical (unpaired) electrons. The summed E-state index contributed by atoms with van der Waals surface area (Å²) in [7, 11) is 0. The predicted molar refractivity (Wildman–Crippen MR) is 64.1 cm³/mol. The first-order valence-corrected chi connectivity index (χ1v) is 5.47. The van der Waals surface area contributed by atoms with E-state index in [9.17, 15) is 13.6 Å². The molecule has 0 fully saturated rings. The van der Waals surface area contributed by atoms with E-state index in [2.05, 4.69) is 0 Å². The van der Waals surface area contributed by atoms with Crippen LogP contribution in [0.5, 0.6) is 5.75 Å². The SMILES string of the molecule is O=C(O)c1c(F)cc(COc2ccccc2)cc1F. The van der Waals surface area contributed by atoms with E-state index in [0.717, 1.165) is 12.1 Å². The zero-order valence-corrected chi connectivity index (χ0v) is 9.77. The third kappa shape index (κ3) is 3.07. The maximum absolute atomic E-state index is 13.4. The minimum atomic E-state index is -1.63. The number of hydrogen-bond acceptors (Lipinski definition) is 2. The van der Waals surface area contributed by atoms with Gasteiger partial charge in [0.05, 0.1) is 0 Å². The van der Waals surface area contributed by atoms with E-state index in [4.69, 9.17) is 9.84 Å². The van der Waals surface area contributed by atoms with E-state index in [0.29, 0.717) is 5.75 Å². The van der Waals surface area contributed by atoms with Gasteiger partial charge in [-0.1, -0.05) is 18.2 Å². The summed E-state index contributed by atoms with van der Waals surface area (Å²) in [5, 5.41) is 8.63. The van der Waals surface area contributed by atoms with Crippen molar-refractivity contribution in [3.63, 3.8) is 0 Å². The highest BCUT2D eigenvalue weighted by atomic mass is 19.1. The molecule has 1 N–H and O–H groups in total. The molecule has 0 bridgehead atoms. The molecule has 2 rings (SSSR count). The zero-order valence-electron chi connectivity index (χ0n) is 9.77. The van der Waals surface area contributed by atoms with E-state index in [1.54, 1.807) is 24.3 Å². The normalized spacial score (nSPS) is 10.2. The van der Waals surface area contributed by atoms with Crippen LogP contribution < -0.4 is 4.74 Å². The summed E-state index contributed by atoms with van der Waals surface area (Å²) in [6, 6.07) is 10.7. The molecule has 5 heteroatoms. The van der Waals surface area contributed by atoms with E-state index in [1.165, 1.54) is 0 Å². The lowest BCUT2D eigenvalue weighted by Gasteiger charge is -2.07. The number of rotatable bonds is 4. The molecule has 0 atom stereocenters. The first-order chi connectivity index (χ1) is 9.08. The van der Waals surface area contributed by atoms with Gasteiger partial charge in [-0.2, -0.15) is 0 Å². The van der Waals surface area contributed by atoms with Crippen LogP contribution in [0.15, 0.2) is 42.5 Å². The van der Waals surface area contributed by atoms with Gasteiger partial charge in [0, 0.05) is 0 Å². The molecule has 0 aromatic heterocycles. The predicted octanol–water partition coefficient (Wildman–Crippen LogP) is 3.24. The average molecular weight is 264 g/mol. The van der Waals surface area contributed by atoms with Gasteiger partial charge >= 0.3 is 5.97 Å². The Balaban J connectivity index is 2.16. The maximum Gasteiger partial charge on any atom is 0.341 e. The number of benzene rings is 2. The molecule has 98 valence electrons. The molecule has 0 amide bonds. The molecule has 0 unspecified atom stereocenters. The van der Waals surface area contributed by atoms with Crippen LogP contribution in [0, 0.1) is 11.6 Å². The van der Waals surface area contributed by atoms with Gasteiger partial charge in [-0.3, -0.25) is 0 Å². The minimum Gasteiger partial charge on any atom is -0.489 e. The summed E-state index contributed by atoms with van der Waals surface area (Å²) in [6.07, 6.45) is 0. The largest absolute Gasteiger partial charge is 0.489 e. The van der Waals surface area contributed by atoms with Crippen molar-refractivity contribution in [3.8, 4) is 5.75 Å². The highest BCUT2D eigenvalue weighted by molar-refractivity contribution is 5.88. The second kappa shape index (κ2) is 5.48. The second-order valence-corrected chi connectivity index (χ2v) is 3.84. The van der Waals surface area contributed by atoms with Crippen molar-refractivity contribution in [1.82, 2.24) is 0 Å². The highest BCUT2D eigenvalue weighted by Gasteiger charge is 2.17. The van der Waals surface area contributed by atoms with Gasteiger partial charge in [0.15, 0.2) is 0 Å². The van der Waals surface area contributed by atoms with Crippen molar-refractivity contribution >= 4 is 5.97 Å². The van der Waals surface area contributed by atoms with E-state index >= 15 is 0 Å². The second-order valence-electron chi connectivity index (χ2n) is 3.84. The molecular weight excluding hydrogens is 254 g/mol. The van der Waals surface area contributed by atoms with Gasteiger partial charge in [0.1, 0.15) is 29.6 Å². The average Bonchev–Trinajstić information content (AvgIpc) is 2.36. The fraction of sp³-hybridized carbons (Fsp3) is 0.0714. The number of carboxylic acid groups (broad SMARTS) is 1. The molecule has 0 aliphatic carbocycles. The number of para-hydroxylation sites is 1. The van der Waals surface area contributed by atoms with Crippen LogP contribution in [-0.4, -0.2) is 11.1 Å². The number of carbonyl (C=O) groups is 1. The molecule has 0 heterocycles. The number of halogens is 2. The lowest BCUT2D eigenvalue weighted by molar-refractivity contribution is 0.0686. The summed E-state index contributed by atoms with van der Waals surface area (Å²) in [5.74, 6) is -3.30. The van der Waals surface area contributed by atoms with Crippen molar-refractivity contribution in [2.75, 3.05) is 0 Å². The van der Waals surface area contributed by atoms with Gasteiger partial charge < -0.3 is 9.84 Å². The number of ether oxygens (including phenoxy) is 1. The van der Waals surface area contributed by atoms with Crippen LogP contribution in [0.25, 0.3) is 0 Å². The Morgan fingerprint density at radius 1 is 1.11 bits per heavy atom. The first-order valence-electron chi connectivity index (χ1n) is 5.47. The monoisotopic (exact) mass is 264 g/mol. The first kappa shape index (κ1) is 13.0. The molecule has 0 aliphatic rings. The van der Waals surface area contributed by atoms with Crippen molar-refractivity contribution < 1.29 is 23.4 Å². The maximum atomic E-state index is 13.4. The summed E-state index contributed by atoms with van der Waals surface area (Å²) in [4.78, 5) is 10.6. The topological polar surface area (TPSA) is 46.5 Å². The van der Waals surface area contributed by atoms with Crippen molar-refractivity contribution in [2.45, 2.75) is 6.61 Å². The Bertz CT molecular complexity index is 574. The smallest absolute Gasteiger partial charge is 0.341 e. The lowest BCUT2D eigenvalue weighted by Crippen LogP contribution is -2.07. The molecular formula is C14H10F2O3. The summed E-state index contributed by atoms with van der Waals surface area (Å²) >= 11 is 0. The molecule has 19 heavy (non-hydrogen) atoms. The van der Waals surface area contributed by atoms with Gasteiger partial charge in [-0.05, 0) is 29.8 Å². The Morgan fingerprint density at radius 3 is 2.21 bits per heavy atom. The Kier molecular flexibility index (Phi) is 3.75. The number of carboxylic acids is 1. The van der Waals surface area contributed by atoms with E-state index in [-0.39, 0.29) is 12.2 Å². The van der Waals surface area contributed by atoms with Crippen LogP contribution in [0.2, 0.25) is 0 Å². The third-order valence-corrected chi connectivity index (χ3v) is 2.46. The fourth-order valence-corrected chi connectivity index (χ4v) is 1.60.